The number of nitrogens with one attached hydrogen (secondary N) is 1. The predicted octanol–water partition coefficient (Wildman–Crippen LogP) is 1.77. The zero-order chi connectivity index (χ0) is 11.1. The third kappa shape index (κ3) is 3.02. The fourth-order valence-electron chi connectivity index (χ4n) is 1.09. The SMILES string of the molecule is C=N/C(=C\C=C/C)c1cnc(CC=O)[nH]1. The van der Waals surface area contributed by atoms with Gasteiger partial charge in [0.1, 0.15) is 12.1 Å². The van der Waals surface area contributed by atoms with E-state index in [1.54, 1.807) is 6.20 Å². The van der Waals surface area contributed by atoms with Gasteiger partial charge in [-0.1, -0.05) is 12.2 Å². The van der Waals surface area contributed by atoms with Crippen LogP contribution in [-0.2, 0) is 11.2 Å². The van der Waals surface area contributed by atoms with E-state index < -0.39 is 0 Å². The van der Waals surface area contributed by atoms with E-state index in [2.05, 4.69) is 21.7 Å². The molecule has 4 nitrogen and oxygen atoms in total. The third-order valence-corrected chi connectivity index (χ3v) is 1.80. The molecule has 0 aliphatic carbocycles. The summed E-state index contributed by atoms with van der Waals surface area (Å²) >= 11 is 0. The molecule has 15 heavy (non-hydrogen) atoms. The van der Waals surface area contributed by atoms with Gasteiger partial charge in [-0.15, -0.1) is 0 Å². The van der Waals surface area contributed by atoms with Gasteiger partial charge in [-0.2, -0.15) is 0 Å². The minimum Gasteiger partial charge on any atom is -0.340 e. The van der Waals surface area contributed by atoms with Crippen LogP contribution in [0.4, 0.5) is 0 Å². The number of aromatic nitrogens is 2. The summed E-state index contributed by atoms with van der Waals surface area (Å²) in [5.74, 6) is 0.634. The monoisotopic (exact) mass is 203 g/mol. The maximum absolute atomic E-state index is 10.3. The van der Waals surface area contributed by atoms with Gasteiger partial charge < -0.3 is 9.78 Å². The molecule has 1 aromatic rings. The highest BCUT2D eigenvalue weighted by molar-refractivity contribution is 5.66. The number of carbonyl (C=O) groups excluding carboxylic acids is 1. The zero-order valence-electron chi connectivity index (χ0n) is 8.60. The van der Waals surface area contributed by atoms with Crippen LogP contribution >= 0.6 is 0 Å². The first-order chi connectivity index (χ1) is 7.31. The zero-order valence-corrected chi connectivity index (χ0v) is 8.60. The summed E-state index contributed by atoms with van der Waals surface area (Å²) in [6.07, 6.45) is 8.32. The van der Waals surface area contributed by atoms with Gasteiger partial charge >= 0.3 is 0 Å². The van der Waals surface area contributed by atoms with E-state index in [9.17, 15) is 4.79 Å². The lowest BCUT2D eigenvalue weighted by atomic mass is 10.3. The number of hydrogen-bond donors (Lipinski definition) is 1. The first-order valence-electron chi connectivity index (χ1n) is 4.59. The first-order valence-corrected chi connectivity index (χ1v) is 4.59. The predicted molar refractivity (Wildman–Crippen MR) is 60.7 cm³/mol. The number of aliphatic imine (C=N–C) groups is 1. The van der Waals surface area contributed by atoms with E-state index >= 15 is 0 Å². The molecule has 0 aliphatic rings. The molecule has 0 atom stereocenters. The largest absolute Gasteiger partial charge is 0.340 e. The average molecular weight is 203 g/mol. The Kier molecular flexibility index (Phi) is 4.22. The number of rotatable bonds is 5. The number of allylic oxidation sites excluding steroid dienone is 3. The van der Waals surface area contributed by atoms with Crippen molar-refractivity contribution in [3.8, 4) is 0 Å². The van der Waals surface area contributed by atoms with Crippen LogP contribution in [0.15, 0.2) is 29.4 Å². The molecule has 0 bridgehead atoms. The van der Waals surface area contributed by atoms with Crippen molar-refractivity contribution in [1.82, 2.24) is 9.97 Å². The minimum absolute atomic E-state index is 0.286. The van der Waals surface area contributed by atoms with Gasteiger partial charge in [0.05, 0.1) is 24.0 Å². The standard InChI is InChI=1S/C11H13N3O/c1-3-4-5-9(12-2)10-8-13-11(14-10)6-7-15/h3-5,7-8H,2,6H2,1H3,(H,13,14)/b4-3-,9-5-. The molecular weight excluding hydrogens is 190 g/mol. The van der Waals surface area contributed by atoms with Crippen molar-refractivity contribution in [3.05, 3.63) is 35.9 Å². The highest BCUT2D eigenvalue weighted by Crippen LogP contribution is 2.12. The van der Waals surface area contributed by atoms with Crippen LogP contribution in [-0.4, -0.2) is 23.0 Å². The van der Waals surface area contributed by atoms with E-state index in [1.165, 1.54) is 0 Å². The second kappa shape index (κ2) is 5.70. The second-order valence-electron chi connectivity index (χ2n) is 2.85. The third-order valence-electron chi connectivity index (χ3n) is 1.80. The van der Waals surface area contributed by atoms with E-state index in [1.807, 2.05) is 25.2 Å². The quantitative estimate of drug-likeness (QED) is 0.450. The van der Waals surface area contributed by atoms with Crippen molar-refractivity contribution in [2.24, 2.45) is 4.99 Å². The van der Waals surface area contributed by atoms with Crippen molar-refractivity contribution < 1.29 is 4.79 Å². The molecule has 0 amide bonds. The molecule has 0 saturated carbocycles. The molecule has 0 spiro atoms. The summed E-state index contributed by atoms with van der Waals surface area (Å²) in [5.41, 5.74) is 1.47. The molecule has 0 saturated heterocycles. The summed E-state index contributed by atoms with van der Waals surface area (Å²) in [5, 5.41) is 0. The highest BCUT2D eigenvalue weighted by atomic mass is 16.1. The van der Waals surface area contributed by atoms with Crippen LogP contribution < -0.4 is 0 Å². The number of carbonyl (C=O) groups is 1. The highest BCUT2D eigenvalue weighted by Gasteiger charge is 2.02. The Bertz CT molecular complexity index is 402. The Balaban J connectivity index is 2.92. The van der Waals surface area contributed by atoms with Gasteiger partial charge in [0.2, 0.25) is 0 Å². The topological polar surface area (TPSA) is 58.1 Å². The van der Waals surface area contributed by atoms with Gasteiger partial charge in [-0.05, 0) is 19.7 Å². The molecule has 0 fully saturated rings. The van der Waals surface area contributed by atoms with Crippen molar-refractivity contribution in [3.63, 3.8) is 0 Å². The molecule has 0 aromatic carbocycles. The maximum atomic E-state index is 10.3. The number of H-pyrrole nitrogens is 1. The summed E-state index contributed by atoms with van der Waals surface area (Å²) in [6.45, 7) is 5.39. The van der Waals surface area contributed by atoms with Crippen molar-refractivity contribution >= 4 is 18.7 Å². The minimum atomic E-state index is 0.286. The Labute approximate surface area is 88.5 Å². The molecule has 0 radical (unpaired) electrons. The van der Waals surface area contributed by atoms with Gasteiger partial charge in [0, 0.05) is 0 Å². The maximum Gasteiger partial charge on any atom is 0.127 e. The van der Waals surface area contributed by atoms with Gasteiger partial charge in [0.25, 0.3) is 0 Å². The summed E-state index contributed by atoms with van der Waals surface area (Å²) in [7, 11) is 0. The van der Waals surface area contributed by atoms with Crippen LogP contribution in [0.2, 0.25) is 0 Å². The Morgan fingerprint density at radius 1 is 1.73 bits per heavy atom. The lowest BCUT2D eigenvalue weighted by Crippen LogP contribution is -1.88. The smallest absolute Gasteiger partial charge is 0.127 e. The molecule has 1 heterocycles. The number of nitrogens with zero attached hydrogens (tertiary/aromatic N) is 2. The number of aldehydes is 1. The summed E-state index contributed by atoms with van der Waals surface area (Å²) in [6, 6.07) is 0. The number of hydrogen-bond acceptors (Lipinski definition) is 3. The summed E-state index contributed by atoms with van der Waals surface area (Å²) in [4.78, 5) is 21.2. The Hall–Kier alpha value is -1.97. The van der Waals surface area contributed by atoms with E-state index in [4.69, 9.17) is 0 Å². The van der Waals surface area contributed by atoms with Crippen molar-refractivity contribution in [2.45, 2.75) is 13.3 Å². The number of aromatic amines is 1. The molecular formula is C11H13N3O. The lowest BCUT2D eigenvalue weighted by molar-refractivity contribution is -0.107. The van der Waals surface area contributed by atoms with E-state index in [0.717, 1.165) is 12.0 Å². The van der Waals surface area contributed by atoms with Crippen LogP contribution in [0.5, 0.6) is 0 Å². The average Bonchev–Trinajstić information content (AvgIpc) is 2.68. The molecule has 4 heteroatoms. The summed E-state index contributed by atoms with van der Waals surface area (Å²) < 4.78 is 0. The van der Waals surface area contributed by atoms with Crippen LogP contribution in [0, 0.1) is 0 Å². The van der Waals surface area contributed by atoms with E-state index in [-0.39, 0.29) is 6.42 Å². The fraction of sp³-hybridized carbons (Fsp3) is 0.182. The molecule has 78 valence electrons. The second-order valence-corrected chi connectivity index (χ2v) is 2.85. The van der Waals surface area contributed by atoms with Gasteiger partial charge in [-0.25, -0.2) is 4.98 Å². The van der Waals surface area contributed by atoms with Crippen molar-refractivity contribution in [1.29, 1.82) is 0 Å². The lowest BCUT2D eigenvalue weighted by Gasteiger charge is -1.94. The fourth-order valence-corrected chi connectivity index (χ4v) is 1.09. The first kappa shape index (κ1) is 11.1. The molecule has 0 aliphatic heterocycles. The van der Waals surface area contributed by atoms with Gasteiger partial charge in [0.15, 0.2) is 0 Å². The molecule has 0 unspecified atom stereocenters. The molecule has 1 rings (SSSR count). The Morgan fingerprint density at radius 3 is 3.13 bits per heavy atom. The van der Waals surface area contributed by atoms with E-state index in [0.29, 0.717) is 11.5 Å². The van der Waals surface area contributed by atoms with Crippen LogP contribution in [0.25, 0.3) is 5.70 Å². The van der Waals surface area contributed by atoms with Crippen molar-refractivity contribution in [2.75, 3.05) is 0 Å². The molecule has 1 aromatic heterocycles. The molecule has 1 N–H and O–H groups in total. The number of imidazole rings is 1. The van der Waals surface area contributed by atoms with Crippen LogP contribution in [0.3, 0.4) is 0 Å². The Morgan fingerprint density at radius 2 is 2.53 bits per heavy atom. The normalized spacial score (nSPS) is 11.9. The van der Waals surface area contributed by atoms with Crippen LogP contribution in [0.1, 0.15) is 18.4 Å². The van der Waals surface area contributed by atoms with Gasteiger partial charge in [-0.3, -0.25) is 4.99 Å².